The van der Waals surface area contributed by atoms with E-state index in [0.717, 1.165) is 11.1 Å². The SMILES string of the molecule is O=c1c(-c2ccc(O)cc2)coc2ccccc12.O=c1c(-c2ccccc2)coc2c(O)c(O)ccc12. The van der Waals surface area contributed by atoms with Gasteiger partial charge in [0, 0.05) is 0 Å². The summed E-state index contributed by atoms with van der Waals surface area (Å²) in [7, 11) is 0. The number of hydrogen-bond acceptors (Lipinski definition) is 7. The lowest BCUT2D eigenvalue weighted by Crippen LogP contribution is -2.04. The van der Waals surface area contributed by atoms with Crippen LogP contribution in [0.25, 0.3) is 44.2 Å². The molecule has 0 radical (unpaired) electrons. The quantitative estimate of drug-likeness (QED) is 0.252. The molecule has 7 heteroatoms. The maximum Gasteiger partial charge on any atom is 0.201 e. The molecule has 182 valence electrons. The fraction of sp³-hybridized carbons (Fsp3) is 0. The summed E-state index contributed by atoms with van der Waals surface area (Å²) in [6, 6.07) is 25.4. The molecule has 0 aliphatic rings. The van der Waals surface area contributed by atoms with E-state index in [1.807, 2.05) is 24.3 Å². The summed E-state index contributed by atoms with van der Waals surface area (Å²) in [5.74, 6) is -0.568. The van der Waals surface area contributed by atoms with Gasteiger partial charge in [0.25, 0.3) is 0 Å². The van der Waals surface area contributed by atoms with Crippen LogP contribution in [0, 0.1) is 0 Å². The molecule has 7 nitrogen and oxygen atoms in total. The van der Waals surface area contributed by atoms with Gasteiger partial charge in [-0.1, -0.05) is 54.6 Å². The minimum Gasteiger partial charge on any atom is -0.508 e. The van der Waals surface area contributed by atoms with Crippen LogP contribution in [0.3, 0.4) is 0 Å². The van der Waals surface area contributed by atoms with Gasteiger partial charge in [-0.3, -0.25) is 9.59 Å². The van der Waals surface area contributed by atoms with Crippen LogP contribution in [-0.2, 0) is 0 Å². The minimum absolute atomic E-state index is 0.00955. The molecule has 0 atom stereocenters. The van der Waals surface area contributed by atoms with E-state index in [1.54, 1.807) is 54.6 Å². The van der Waals surface area contributed by atoms with E-state index in [-0.39, 0.29) is 33.3 Å². The normalized spacial score (nSPS) is 10.7. The number of benzene rings is 4. The molecule has 0 bridgehead atoms. The molecule has 2 aromatic heterocycles. The molecular formula is C30H20O7. The number of aromatic hydroxyl groups is 3. The van der Waals surface area contributed by atoms with Gasteiger partial charge in [0.2, 0.25) is 11.2 Å². The molecule has 0 aliphatic heterocycles. The van der Waals surface area contributed by atoms with Gasteiger partial charge in [-0.15, -0.1) is 0 Å². The predicted octanol–water partition coefficient (Wildman–Crippen LogP) is 6.04. The molecule has 6 rings (SSSR count). The third-order valence-electron chi connectivity index (χ3n) is 5.84. The van der Waals surface area contributed by atoms with Crippen molar-refractivity contribution in [2.24, 2.45) is 0 Å². The first-order valence-electron chi connectivity index (χ1n) is 11.3. The Morgan fingerprint density at radius 3 is 1.86 bits per heavy atom. The number of fused-ring (bicyclic) bond motifs is 2. The molecule has 0 fully saturated rings. The summed E-state index contributed by atoms with van der Waals surface area (Å²) in [6.07, 6.45) is 2.75. The fourth-order valence-corrected chi connectivity index (χ4v) is 3.91. The monoisotopic (exact) mass is 492 g/mol. The highest BCUT2D eigenvalue weighted by molar-refractivity contribution is 5.87. The van der Waals surface area contributed by atoms with E-state index in [9.17, 15) is 24.9 Å². The first-order chi connectivity index (χ1) is 17.9. The zero-order chi connectivity index (χ0) is 25.9. The van der Waals surface area contributed by atoms with Gasteiger partial charge >= 0.3 is 0 Å². The van der Waals surface area contributed by atoms with Crippen LogP contribution in [-0.4, -0.2) is 15.3 Å². The molecular weight excluding hydrogens is 472 g/mol. The van der Waals surface area contributed by atoms with Crippen molar-refractivity contribution >= 4 is 21.9 Å². The highest BCUT2D eigenvalue weighted by Crippen LogP contribution is 2.33. The van der Waals surface area contributed by atoms with Crippen molar-refractivity contribution in [1.82, 2.24) is 0 Å². The lowest BCUT2D eigenvalue weighted by Gasteiger charge is -2.04. The Hall–Kier alpha value is -5.30. The number of phenolic OH excluding ortho intramolecular Hbond substituents is 3. The van der Waals surface area contributed by atoms with Crippen LogP contribution < -0.4 is 10.9 Å². The second kappa shape index (κ2) is 9.75. The van der Waals surface area contributed by atoms with Gasteiger partial charge in [0.05, 0.1) is 21.9 Å². The van der Waals surface area contributed by atoms with Gasteiger partial charge in [0.1, 0.15) is 23.9 Å². The average molecular weight is 492 g/mol. The third-order valence-corrected chi connectivity index (χ3v) is 5.84. The van der Waals surface area contributed by atoms with E-state index in [0.29, 0.717) is 22.1 Å². The Bertz CT molecular complexity index is 1830. The van der Waals surface area contributed by atoms with Crippen molar-refractivity contribution in [3.05, 3.63) is 124 Å². The van der Waals surface area contributed by atoms with E-state index in [1.165, 1.54) is 24.7 Å². The van der Waals surface area contributed by atoms with Crippen molar-refractivity contribution in [3.8, 4) is 39.5 Å². The Labute approximate surface area is 209 Å². The number of para-hydroxylation sites is 1. The van der Waals surface area contributed by atoms with Crippen molar-refractivity contribution in [2.75, 3.05) is 0 Å². The summed E-state index contributed by atoms with van der Waals surface area (Å²) >= 11 is 0. The van der Waals surface area contributed by atoms with Crippen LogP contribution >= 0.6 is 0 Å². The largest absolute Gasteiger partial charge is 0.508 e. The van der Waals surface area contributed by atoms with Crippen LogP contribution in [0.1, 0.15) is 0 Å². The van der Waals surface area contributed by atoms with Crippen LogP contribution in [0.2, 0.25) is 0 Å². The van der Waals surface area contributed by atoms with Crippen LogP contribution in [0.5, 0.6) is 17.2 Å². The fourth-order valence-electron chi connectivity index (χ4n) is 3.91. The van der Waals surface area contributed by atoms with Gasteiger partial charge in [-0.05, 0) is 47.5 Å². The zero-order valence-corrected chi connectivity index (χ0v) is 19.3. The average Bonchev–Trinajstić information content (AvgIpc) is 2.93. The molecule has 0 saturated heterocycles. The Morgan fingerprint density at radius 1 is 0.541 bits per heavy atom. The Morgan fingerprint density at radius 2 is 1.14 bits per heavy atom. The van der Waals surface area contributed by atoms with E-state index in [4.69, 9.17) is 8.83 Å². The van der Waals surface area contributed by atoms with E-state index >= 15 is 0 Å². The third kappa shape index (κ3) is 4.53. The predicted molar refractivity (Wildman–Crippen MR) is 141 cm³/mol. The first-order valence-corrected chi connectivity index (χ1v) is 11.3. The second-order valence-corrected chi connectivity index (χ2v) is 8.18. The molecule has 0 saturated carbocycles. The molecule has 6 aromatic rings. The van der Waals surface area contributed by atoms with Crippen LogP contribution in [0.15, 0.2) is 122 Å². The first kappa shape index (κ1) is 23.4. The smallest absolute Gasteiger partial charge is 0.201 e. The highest BCUT2D eigenvalue weighted by atomic mass is 16.4. The number of phenols is 3. The van der Waals surface area contributed by atoms with E-state index in [2.05, 4.69) is 0 Å². The summed E-state index contributed by atoms with van der Waals surface area (Å²) < 4.78 is 10.7. The number of rotatable bonds is 2. The van der Waals surface area contributed by atoms with Gasteiger partial charge in [-0.2, -0.15) is 0 Å². The molecule has 37 heavy (non-hydrogen) atoms. The standard InChI is InChI=1S/C15H10O4.C15H10O3/c16-12-7-6-10-13(17)11(8-19-15(10)14(12)18)9-4-2-1-3-5-9;16-11-7-5-10(6-8-11)13-9-18-14-4-2-1-3-12(14)15(13)17/h1-8,16,18H;1-9,16H. The molecule has 2 heterocycles. The van der Waals surface area contributed by atoms with Crippen LogP contribution in [0.4, 0.5) is 0 Å². The molecule has 3 N–H and O–H groups in total. The second-order valence-electron chi connectivity index (χ2n) is 8.18. The van der Waals surface area contributed by atoms with Gasteiger partial charge < -0.3 is 24.2 Å². The Kier molecular flexibility index (Phi) is 6.18. The topological polar surface area (TPSA) is 121 Å². The van der Waals surface area contributed by atoms with E-state index < -0.39 is 5.75 Å². The lowest BCUT2D eigenvalue weighted by molar-refractivity contribution is 0.399. The zero-order valence-electron chi connectivity index (χ0n) is 19.3. The lowest BCUT2D eigenvalue weighted by atomic mass is 10.1. The minimum atomic E-state index is -0.422. The number of hydrogen-bond donors (Lipinski definition) is 3. The maximum absolute atomic E-state index is 12.3. The van der Waals surface area contributed by atoms with Crippen molar-refractivity contribution in [3.63, 3.8) is 0 Å². The maximum atomic E-state index is 12.3. The summed E-state index contributed by atoms with van der Waals surface area (Å²) in [5, 5.41) is 29.1. The molecule has 0 amide bonds. The summed E-state index contributed by atoms with van der Waals surface area (Å²) in [5.41, 5.74) is 2.63. The van der Waals surface area contributed by atoms with Crippen molar-refractivity contribution < 1.29 is 24.2 Å². The Balaban J connectivity index is 0.000000152. The molecule has 0 spiro atoms. The highest BCUT2D eigenvalue weighted by Gasteiger charge is 2.14. The van der Waals surface area contributed by atoms with Gasteiger partial charge in [-0.25, -0.2) is 0 Å². The summed E-state index contributed by atoms with van der Waals surface area (Å²) in [6.45, 7) is 0. The molecule has 0 unspecified atom stereocenters. The summed E-state index contributed by atoms with van der Waals surface area (Å²) in [4.78, 5) is 24.6. The van der Waals surface area contributed by atoms with Crippen molar-refractivity contribution in [1.29, 1.82) is 0 Å². The molecule has 4 aromatic carbocycles. The molecule has 0 aliphatic carbocycles. The van der Waals surface area contributed by atoms with Crippen molar-refractivity contribution in [2.45, 2.75) is 0 Å². The van der Waals surface area contributed by atoms with Gasteiger partial charge in [0.15, 0.2) is 16.8 Å².